The van der Waals surface area contributed by atoms with Gasteiger partial charge < -0.3 is 9.16 Å². The first-order valence-corrected chi connectivity index (χ1v) is 14.5. The molecule has 176 valence electrons. The maximum absolute atomic E-state index is 13.2. The van der Waals surface area contributed by atoms with E-state index in [0.29, 0.717) is 23.8 Å². The number of carbonyl (C=O) groups excluding carboxylic acids is 1. The normalized spacial score (nSPS) is 19.3. The van der Waals surface area contributed by atoms with E-state index in [0.717, 1.165) is 11.3 Å². The van der Waals surface area contributed by atoms with Crippen molar-refractivity contribution in [2.45, 2.75) is 64.1 Å². The van der Waals surface area contributed by atoms with Gasteiger partial charge in [0.1, 0.15) is 11.8 Å². The third-order valence-corrected chi connectivity index (χ3v) is 11.4. The fourth-order valence-corrected chi connectivity index (χ4v) is 5.30. The van der Waals surface area contributed by atoms with E-state index in [4.69, 9.17) is 25.7 Å². The summed E-state index contributed by atoms with van der Waals surface area (Å²) in [5.41, 5.74) is 2.38. The molecular weight excluding hydrogens is 456 g/mol. The van der Waals surface area contributed by atoms with Gasteiger partial charge in [-0.1, -0.05) is 62.7 Å². The maximum atomic E-state index is 13.2. The van der Waals surface area contributed by atoms with Crippen LogP contribution in [0.5, 0.6) is 0 Å². The lowest BCUT2D eigenvalue weighted by molar-refractivity contribution is 0.0877. The molecular formula is C24H31ClN4O3Si. The fourth-order valence-electron chi connectivity index (χ4n) is 3.80. The van der Waals surface area contributed by atoms with Crippen LogP contribution in [0.15, 0.2) is 48.7 Å². The van der Waals surface area contributed by atoms with E-state index < -0.39 is 8.32 Å². The second kappa shape index (κ2) is 9.08. The monoisotopic (exact) mass is 486 g/mol. The van der Waals surface area contributed by atoms with Crippen molar-refractivity contribution in [1.29, 1.82) is 0 Å². The van der Waals surface area contributed by atoms with Gasteiger partial charge in [-0.2, -0.15) is 5.10 Å². The van der Waals surface area contributed by atoms with Crippen LogP contribution in [0.25, 0.3) is 5.65 Å². The van der Waals surface area contributed by atoms with Crippen molar-refractivity contribution in [1.82, 2.24) is 19.5 Å². The lowest BCUT2D eigenvalue weighted by Crippen LogP contribution is -2.44. The van der Waals surface area contributed by atoms with Crippen LogP contribution in [0.3, 0.4) is 0 Å². The first-order chi connectivity index (χ1) is 15.5. The highest BCUT2D eigenvalue weighted by atomic mass is 35.5. The molecule has 1 aliphatic heterocycles. The Morgan fingerprint density at radius 2 is 1.91 bits per heavy atom. The number of ether oxygens (including phenoxy) is 1. The van der Waals surface area contributed by atoms with Gasteiger partial charge in [-0.05, 0) is 35.8 Å². The first kappa shape index (κ1) is 23.7. The van der Waals surface area contributed by atoms with E-state index in [-0.39, 0.29) is 29.9 Å². The Labute approximate surface area is 200 Å². The summed E-state index contributed by atoms with van der Waals surface area (Å²) in [6, 6.07) is 12.9. The van der Waals surface area contributed by atoms with Crippen molar-refractivity contribution in [3.63, 3.8) is 0 Å². The van der Waals surface area contributed by atoms with E-state index in [1.165, 1.54) is 0 Å². The molecule has 33 heavy (non-hydrogen) atoms. The van der Waals surface area contributed by atoms with Crippen molar-refractivity contribution in [2.75, 3.05) is 6.54 Å². The topological polar surface area (TPSA) is 69.0 Å². The number of hydrogen-bond donors (Lipinski definition) is 0. The summed E-state index contributed by atoms with van der Waals surface area (Å²) in [6.07, 6.45) is 2.04. The van der Waals surface area contributed by atoms with Gasteiger partial charge in [0, 0.05) is 13.0 Å². The van der Waals surface area contributed by atoms with Crippen LogP contribution in [-0.2, 0) is 15.8 Å². The Kier molecular flexibility index (Phi) is 6.53. The molecule has 1 saturated heterocycles. The zero-order valence-corrected chi connectivity index (χ0v) is 21.5. The highest BCUT2D eigenvalue weighted by molar-refractivity contribution is 6.74. The minimum Gasteiger partial charge on any atom is -0.445 e. The number of fused-ring (bicyclic) bond motifs is 1. The number of aromatic nitrogens is 3. The third kappa shape index (κ3) is 5.23. The second-order valence-corrected chi connectivity index (χ2v) is 15.2. The van der Waals surface area contributed by atoms with E-state index in [1.54, 1.807) is 15.5 Å². The summed E-state index contributed by atoms with van der Waals surface area (Å²) < 4.78 is 14.0. The van der Waals surface area contributed by atoms with Crippen LogP contribution in [0.2, 0.25) is 23.3 Å². The largest absolute Gasteiger partial charge is 0.445 e. The van der Waals surface area contributed by atoms with Crippen LogP contribution in [0, 0.1) is 0 Å². The molecule has 2 atom stereocenters. The summed E-state index contributed by atoms with van der Waals surface area (Å²) in [6.45, 7) is 11.8. The smallest absolute Gasteiger partial charge is 0.410 e. The molecule has 2 aromatic heterocycles. The Morgan fingerprint density at radius 3 is 2.61 bits per heavy atom. The molecule has 7 nitrogen and oxygen atoms in total. The highest BCUT2D eigenvalue weighted by Gasteiger charge is 2.45. The van der Waals surface area contributed by atoms with Gasteiger partial charge in [0.05, 0.1) is 24.0 Å². The Balaban J connectivity index is 1.58. The first-order valence-electron chi connectivity index (χ1n) is 11.2. The Bertz CT molecular complexity index is 1130. The minimum atomic E-state index is -2.01. The predicted molar refractivity (Wildman–Crippen MR) is 131 cm³/mol. The Hall–Kier alpha value is -2.42. The SMILES string of the molecule is CC(C)(C)[Si](C)(C)O[C@H]1C[C@H](c2cn3nc(Cl)ccc3n2)N(C(=O)OCc2ccccc2)C1. The summed E-state index contributed by atoms with van der Waals surface area (Å²) in [5.74, 6) is 0. The van der Waals surface area contributed by atoms with Crippen molar-refractivity contribution >= 4 is 31.7 Å². The highest BCUT2D eigenvalue weighted by Crippen LogP contribution is 2.41. The zero-order chi connectivity index (χ0) is 23.8. The molecule has 1 aliphatic rings. The number of carbonyl (C=O) groups is 1. The van der Waals surface area contributed by atoms with Crippen molar-refractivity contribution in [2.24, 2.45) is 0 Å². The van der Waals surface area contributed by atoms with Gasteiger partial charge in [-0.15, -0.1) is 0 Å². The van der Waals surface area contributed by atoms with Gasteiger partial charge in [0.2, 0.25) is 0 Å². The molecule has 3 aromatic rings. The van der Waals surface area contributed by atoms with Gasteiger partial charge in [-0.3, -0.25) is 4.90 Å². The number of hydrogen-bond acceptors (Lipinski definition) is 5. The van der Waals surface area contributed by atoms with Crippen molar-refractivity contribution in [3.05, 3.63) is 65.1 Å². The van der Waals surface area contributed by atoms with Crippen LogP contribution in [0.4, 0.5) is 4.79 Å². The molecule has 0 saturated carbocycles. The lowest BCUT2D eigenvalue weighted by Gasteiger charge is -2.38. The van der Waals surface area contributed by atoms with E-state index >= 15 is 0 Å². The summed E-state index contributed by atoms with van der Waals surface area (Å²) in [5, 5.41) is 4.75. The van der Waals surface area contributed by atoms with Gasteiger partial charge >= 0.3 is 6.09 Å². The number of likely N-dealkylation sites (tertiary alicyclic amines) is 1. The summed E-state index contributed by atoms with van der Waals surface area (Å²) in [4.78, 5) is 19.6. The lowest BCUT2D eigenvalue weighted by atomic mass is 10.1. The van der Waals surface area contributed by atoms with Crippen LogP contribution < -0.4 is 0 Å². The molecule has 1 amide bonds. The molecule has 1 fully saturated rings. The standard InChI is InChI=1S/C24H31ClN4O3Si/c1-24(2,3)33(4,5)32-18-13-20(19-15-29-22(26-19)12-11-21(25)27-29)28(14-18)23(30)31-16-17-9-7-6-8-10-17/h6-12,15,18,20H,13-14,16H2,1-5H3/t18-,20+/m0/s1. The van der Waals surface area contributed by atoms with E-state index in [2.05, 4.69) is 39.0 Å². The third-order valence-electron chi connectivity index (χ3n) is 6.62. The quantitative estimate of drug-likeness (QED) is 0.422. The summed E-state index contributed by atoms with van der Waals surface area (Å²) >= 11 is 6.05. The van der Waals surface area contributed by atoms with Crippen LogP contribution in [-0.4, -0.2) is 46.6 Å². The number of imidazole rings is 1. The predicted octanol–water partition coefficient (Wildman–Crippen LogP) is 5.86. The number of amides is 1. The van der Waals surface area contributed by atoms with Gasteiger partial charge in [0.15, 0.2) is 14.0 Å². The average Bonchev–Trinajstić information content (AvgIpc) is 3.35. The second-order valence-electron chi connectivity index (χ2n) is 10.1. The zero-order valence-electron chi connectivity index (χ0n) is 19.8. The number of halogens is 1. The minimum absolute atomic E-state index is 0.0769. The molecule has 3 heterocycles. The van der Waals surface area contributed by atoms with E-state index in [9.17, 15) is 4.79 Å². The van der Waals surface area contributed by atoms with Crippen LogP contribution >= 0.6 is 11.6 Å². The van der Waals surface area contributed by atoms with Crippen molar-refractivity contribution < 1.29 is 14.0 Å². The molecule has 1 aromatic carbocycles. The molecule has 0 N–H and O–H groups in total. The molecule has 0 spiro atoms. The Morgan fingerprint density at radius 1 is 1.18 bits per heavy atom. The molecule has 9 heteroatoms. The number of nitrogens with zero attached hydrogens (tertiary/aromatic N) is 4. The van der Waals surface area contributed by atoms with Gasteiger partial charge in [-0.25, -0.2) is 14.3 Å². The van der Waals surface area contributed by atoms with Crippen LogP contribution in [0.1, 0.15) is 44.5 Å². The molecule has 0 unspecified atom stereocenters. The van der Waals surface area contributed by atoms with Crippen molar-refractivity contribution in [3.8, 4) is 0 Å². The van der Waals surface area contributed by atoms with E-state index in [1.807, 2.05) is 42.6 Å². The molecule has 0 radical (unpaired) electrons. The number of rotatable bonds is 5. The average molecular weight is 487 g/mol. The fraction of sp³-hybridized carbons (Fsp3) is 0.458. The van der Waals surface area contributed by atoms with Gasteiger partial charge in [0.25, 0.3) is 0 Å². The molecule has 0 aliphatic carbocycles. The summed E-state index contributed by atoms with van der Waals surface area (Å²) in [7, 11) is -2.01. The number of benzene rings is 1. The molecule has 0 bridgehead atoms. The maximum Gasteiger partial charge on any atom is 0.410 e. The molecule has 4 rings (SSSR count).